The van der Waals surface area contributed by atoms with Crippen molar-refractivity contribution in [3.8, 4) is 0 Å². The van der Waals surface area contributed by atoms with E-state index in [9.17, 15) is 4.79 Å². The molecular weight excluding hydrogens is 278 g/mol. The van der Waals surface area contributed by atoms with E-state index in [4.69, 9.17) is 9.47 Å². The lowest BCUT2D eigenvalue weighted by atomic mass is 9.99. The number of amides is 1. The Morgan fingerprint density at radius 1 is 1.14 bits per heavy atom. The zero-order valence-corrected chi connectivity index (χ0v) is 14.2. The van der Waals surface area contributed by atoms with Crippen LogP contribution in [0.4, 0.5) is 0 Å². The highest BCUT2D eigenvalue weighted by Gasteiger charge is 2.14. The third-order valence-electron chi connectivity index (χ3n) is 3.59. The first kappa shape index (κ1) is 18.7. The lowest BCUT2D eigenvalue weighted by Crippen LogP contribution is -2.29. The van der Waals surface area contributed by atoms with Crippen LogP contribution in [0.25, 0.3) is 0 Å². The highest BCUT2D eigenvalue weighted by molar-refractivity contribution is 5.83. The molecule has 0 aliphatic heterocycles. The van der Waals surface area contributed by atoms with Gasteiger partial charge in [-0.15, -0.1) is 0 Å². The van der Waals surface area contributed by atoms with Crippen LogP contribution >= 0.6 is 0 Å². The fraction of sp³-hybridized carbons (Fsp3) is 0.611. The second-order valence-corrected chi connectivity index (χ2v) is 5.41. The normalized spacial score (nSPS) is 12.4. The minimum absolute atomic E-state index is 0.0632. The van der Waals surface area contributed by atoms with Crippen LogP contribution in [0.1, 0.15) is 50.7 Å². The highest BCUT2D eigenvalue weighted by Crippen LogP contribution is 2.16. The molecule has 0 bridgehead atoms. The first-order valence-electron chi connectivity index (χ1n) is 8.15. The molecule has 1 rings (SSSR count). The van der Waals surface area contributed by atoms with E-state index in [2.05, 4.69) is 5.32 Å². The summed E-state index contributed by atoms with van der Waals surface area (Å²) in [4.78, 5) is 12.2. The van der Waals surface area contributed by atoms with Gasteiger partial charge in [-0.05, 0) is 39.7 Å². The molecule has 4 heteroatoms. The van der Waals surface area contributed by atoms with Crippen LogP contribution < -0.4 is 5.32 Å². The van der Waals surface area contributed by atoms with Gasteiger partial charge in [0.1, 0.15) is 0 Å². The van der Waals surface area contributed by atoms with Crippen LogP contribution in [-0.2, 0) is 14.3 Å². The molecule has 22 heavy (non-hydrogen) atoms. The van der Waals surface area contributed by atoms with Crippen molar-refractivity contribution < 1.29 is 14.3 Å². The first-order valence-corrected chi connectivity index (χ1v) is 8.15. The second-order valence-electron chi connectivity index (χ2n) is 5.41. The Balaban J connectivity index is 2.31. The zero-order valence-electron chi connectivity index (χ0n) is 14.2. The van der Waals surface area contributed by atoms with E-state index in [-0.39, 0.29) is 18.1 Å². The summed E-state index contributed by atoms with van der Waals surface area (Å²) in [6, 6.07) is 8.10. The average Bonchev–Trinajstić information content (AvgIpc) is 2.51. The van der Waals surface area contributed by atoms with Crippen molar-refractivity contribution in [2.24, 2.45) is 0 Å². The van der Waals surface area contributed by atoms with E-state index in [1.165, 1.54) is 5.56 Å². The predicted molar refractivity (Wildman–Crippen MR) is 88.9 cm³/mol. The molecule has 124 valence electrons. The van der Waals surface area contributed by atoms with Gasteiger partial charge in [0.25, 0.3) is 0 Å². The van der Waals surface area contributed by atoms with Gasteiger partial charge in [-0.25, -0.2) is 0 Å². The molecule has 1 atom stereocenters. The van der Waals surface area contributed by atoms with E-state index in [1.807, 2.05) is 52.0 Å². The quantitative estimate of drug-likeness (QED) is 0.532. The van der Waals surface area contributed by atoms with Gasteiger partial charge < -0.3 is 14.8 Å². The van der Waals surface area contributed by atoms with Crippen molar-refractivity contribution in [3.05, 3.63) is 35.4 Å². The highest BCUT2D eigenvalue weighted by atomic mass is 16.7. The standard InChI is InChI=1S/C18H29NO3/c1-5-21-17(22-6-2)8-7-13-19-18(20)15(4)16-11-9-14(3)10-12-16/h9-12,15,17H,5-8,13H2,1-4H3,(H,19,20). The number of aryl methyl sites for hydroxylation is 1. The van der Waals surface area contributed by atoms with Gasteiger partial charge in [-0.2, -0.15) is 0 Å². The summed E-state index contributed by atoms with van der Waals surface area (Å²) in [6.07, 6.45) is 1.47. The predicted octanol–water partition coefficient (Wildman–Crippen LogP) is 3.39. The largest absolute Gasteiger partial charge is 0.356 e. The first-order chi connectivity index (χ1) is 10.6. The molecule has 0 saturated carbocycles. The van der Waals surface area contributed by atoms with Crippen LogP contribution in [0.3, 0.4) is 0 Å². The fourth-order valence-electron chi connectivity index (χ4n) is 2.23. The van der Waals surface area contributed by atoms with Crippen molar-refractivity contribution in [1.29, 1.82) is 0 Å². The van der Waals surface area contributed by atoms with Gasteiger partial charge in [-0.1, -0.05) is 29.8 Å². The monoisotopic (exact) mass is 307 g/mol. The Morgan fingerprint density at radius 2 is 1.73 bits per heavy atom. The molecule has 0 radical (unpaired) electrons. The molecule has 0 saturated heterocycles. The summed E-state index contributed by atoms with van der Waals surface area (Å²) in [6.45, 7) is 9.81. The Hall–Kier alpha value is -1.39. The van der Waals surface area contributed by atoms with Crippen molar-refractivity contribution in [1.82, 2.24) is 5.32 Å². The van der Waals surface area contributed by atoms with Gasteiger partial charge in [0.05, 0.1) is 5.92 Å². The number of hydrogen-bond acceptors (Lipinski definition) is 3. The number of carbonyl (C=O) groups is 1. The molecule has 1 aromatic carbocycles. The Morgan fingerprint density at radius 3 is 2.27 bits per heavy atom. The number of benzene rings is 1. The lowest BCUT2D eigenvalue weighted by molar-refractivity contribution is -0.140. The summed E-state index contributed by atoms with van der Waals surface area (Å²) in [5.74, 6) is -0.0663. The Labute approximate surface area is 134 Å². The maximum atomic E-state index is 12.2. The van der Waals surface area contributed by atoms with Gasteiger partial charge >= 0.3 is 0 Å². The average molecular weight is 307 g/mol. The van der Waals surface area contributed by atoms with Gasteiger partial charge in [0.2, 0.25) is 5.91 Å². The van der Waals surface area contributed by atoms with Gasteiger partial charge in [0.15, 0.2) is 6.29 Å². The fourth-order valence-corrected chi connectivity index (χ4v) is 2.23. The molecule has 0 spiro atoms. The number of hydrogen-bond donors (Lipinski definition) is 1. The van der Waals surface area contributed by atoms with Gasteiger partial charge in [-0.3, -0.25) is 4.79 Å². The van der Waals surface area contributed by atoms with Crippen molar-refractivity contribution in [2.75, 3.05) is 19.8 Å². The van der Waals surface area contributed by atoms with E-state index < -0.39 is 0 Å². The van der Waals surface area contributed by atoms with E-state index in [0.717, 1.165) is 18.4 Å². The molecule has 1 N–H and O–H groups in total. The van der Waals surface area contributed by atoms with Crippen LogP contribution in [0.2, 0.25) is 0 Å². The molecule has 0 aliphatic rings. The maximum absolute atomic E-state index is 12.2. The molecule has 0 fully saturated rings. The number of carbonyl (C=O) groups excluding carboxylic acids is 1. The minimum Gasteiger partial charge on any atom is -0.356 e. The van der Waals surface area contributed by atoms with Crippen molar-refractivity contribution in [3.63, 3.8) is 0 Å². The minimum atomic E-state index is -0.165. The lowest BCUT2D eigenvalue weighted by Gasteiger charge is -2.17. The van der Waals surface area contributed by atoms with E-state index in [1.54, 1.807) is 0 Å². The van der Waals surface area contributed by atoms with Crippen LogP contribution in [0, 0.1) is 6.92 Å². The Bertz CT molecular complexity index is 424. The summed E-state index contributed by atoms with van der Waals surface area (Å²) >= 11 is 0. The summed E-state index contributed by atoms with van der Waals surface area (Å²) in [5, 5.41) is 2.99. The SMILES string of the molecule is CCOC(CCCNC(=O)C(C)c1ccc(C)cc1)OCC. The second kappa shape index (κ2) is 10.4. The maximum Gasteiger partial charge on any atom is 0.227 e. The molecule has 1 aromatic rings. The van der Waals surface area contributed by atoms with E-state index >= 15 is 0 Å². The molecule has 0 heterocycles. The molecule has 4 nitrogen and oxygen atoms in total. The van der Waals surface area contributed by atoms with Crippen molar-refractivity contribution >= 4 is 5.91 Å². The number of nitrogens with one attached hydrogen (secondary N) is 1. The van der Waals surface area contributed by atoms with E-state index in [0.29, 0.717) is 19.8 Å². The van der Waals surface area contributed by atoms with Gasteiger partial charge in [0, 0.05) is 26.2 Å². The summed E-state index contributed by atoms with van der Waals surface area (Å²) in [7, 11) is 0. The third-order valence-corrected chi connectivity index (χ3v) is 3.59. The zero-order chi connectivity index (χ0) is 16.4. The molecule has 1 unspecified atom stereocenters. The third kappa shape index (κ3) is 6.58. The van der Waals surface area contributed by atoms with Crippen molar-refractivity contribution in [2.45, 2.75) is 52.7 Å². The molecule has 0 aliphatic carbocycles. The molecular formula is C18H29NO3. The topological polar surface area (TPSA) is 47.6 Å². The molecule has 0 aromatic heterocycles. The number of ether oxygens (including phenoxy) is 2. The summed E-state index contributed by atoms with van der Waals surface area (Å²) < 4.78 is 11.0. The van der Waals surface area contributed by atoms with Crippen LogP contribution in [0.5, 0.6) is 0 Å². The van der Waals surface area contributed by atoms with Crippen LogP contribution in [-0.4, -0.2) is 32.0 Å². The summed E-state index contributed by atoms with van der Waals surface area (Å²) in [5.41, 5.74) is 2.25. The molecule has 1 amide bonds. The van der Waals surface area contributed by atoms with Crippen LogP contribution in [0.15, 0.2) is 24.3 Å². The number of rotatable bonds is 10. The Kier molecular flexibility index (Phi) is 8.78. The smallest absolute Gasteiger partial charge is 0.227 e.